The molecule has 1 amide bonds. The maximum Gasteiger partial charge on any atom is 0.415 e. The van der Waals surface area contributed by atoms with E-state index in [1.807, 2.05) is 6.07 Å². The molecular formula is C19H19F2N3O4. The fourth-order valence-corrected chi connectivity index (χ4v) is 3.20. The van der Waals surface area contributed by atoms with Gasteiger partial charge >= 0.3 is 11.8 Å². The Bertz CT molecular complexity index is 858. The van der Waals surface area contributed by atoms with E-state index in [1.54, 1.807) is 24.3 Å². The predicted molar refractivity (Wildman–Crippen MR) is 98.0 cm³/mol. The van der Waals surface area contributed by atoms with Crippen molar-refractivity contribution in [3.05, 3.63) is 69.8 Å². The number of ether oxygens (including phenoxy) is 1. The predicted octanol–water partition coefficient (Wildman–Crippen LogP) is 3.77. The number of amides is 1. The van der Waals surface area contributed by atoms with E-state index in [2.05, 4.69) is 5.32 Å². The molecule has 1 N–H and O–H groups in total. The molecule has 9 heteroatoms. The summed E-state index contributed by atoms with van der Waals surface area (Å²) in [7, 11) is 0. The van der Waals surface area contributed by atoms with Crippen LogP contribution in [-0.4, -0.2) is 30.1 Å². The first-order chi connectivity index (χ1) is 13.5. The van der Waals surface area contributed by atoms with Crippen molar-refractivity contribution in [3.8, 4) is 0 Å². The normalized spacial score (nSPS) is 14.5. The Hall–Kier alpha value is -3.07. The van der Waals surface area contributed by atoms with Crippen LogP contribution in [0.4, 0.5) is 25.0 Å². The molecule has 0 atom stereocenters. The van der Waals surface area contributed by atoms with Gasteiger partial charge in [0.05, 0.1) is 4.92 Å². The zero-order valence-corrected chi connectivity index (χ0v) is 14.9. The first-order valence-corrected chi connectivity index (χ1v) is 8.82. The molecule has 1 aliphatic rings. The molecular weight excluding hydrogens is 372 g/mol. The lowest BCUT2D eigenvalue weighted by atomic mass is 10.0. The number of nitro benzene ring substituents is 1. The van der Waals surface area contributed by atoms with Gasteiger partial charge in [-0.2, -0.15) is 4.39 Å². The van der Waals surface area contributed by atoms with Crippen LogP contribution in [0.5, 0.6) is 0 Å². The fourth-order valence-electron chi connectivity index (χ4n) is 3.20. The average molecular weight is 391 g/mol. The highest BCUT2D eigenvalue weighted by molar-refractivity contribution is 5.91. The smallest absolute Gasteiger partial charge is 0.415 e. The number of nitrogens with zero attached hydrogens (tertiary/aromatic N) is 2. The highest BCUT2D eigenvalue weighted by atomic mass is 19.2. The molecule has 28 heavy (non-hydrogen) atoms. The van der Waals surface area contributed by atoms with Crippen LogP contribution in [0.15, 0.2) is 42.5 Å². The van der Waals surface area contributed by atoms with E-state index in [4.69, 9.17) is 4.74 Å². The Balaban J connectivity index is 1.94. The summed E-state index contributed by atoms with van der Waals surface area (Å²) in [6, 6.07) is 10.3. The molecule has 1 heterocycles. The molecule has 0 bridgehead atoms. The summed E-state index contributed by atoms with van der Waals surface area (Å²) in [5.74, 6) is -2.95. The molecule has 0 saturated carbocycles. The van der Waals surface area contributed by atoms with Gasteiger partial charge in [-0.3, -0.25) is 15.0 Å². The Morgan fingerprint density at radius 3 is 2.50 bits per heavy atom. The van der Waals surface area contributed by atoms with Gasteiger partial charge in [-0.05, 0) is 43.6 Å². The summed E-state index contributed by atoms with van der Waals surface area (Å²) in [4.78, 5) is 24.3. The highest BCUT2D eigenvalue weighted by Gasteiger charge is 2.36. The number of nitrogens with one attached hydrogen (secondary N) is 1. The van der Waals surface area contributed by atoms with Gasteiger partial charge in [0.25, 0.3) is 0 Å². The monoisotopic (exact) mass is 391 g/mol. The van der Waals surface area contributed by atoms with Gasteiger partial charge < -0.3 is 10.1 Å². The van der Waals surface area contributed by atoms with Crippen molar-refractivity contribution in [3.63, 3.8) is 0 Å². The Morgan fingerprint density at radius 2 is 1.86 bits per heavy atom. The third-order valence-electron chi connectivity index (χ3n) is 4.57. The van der Waals surface area contributed by atoms with Gasteiger partial charge in [-0.15, -0.1) is 0 Å². The number of hydrogen-bond donors (Lipinski definition) is 1. The lowest BCUT2D eigenvalue weighted by molar-refractivity contribution is -0.387. The van der Waals surface area contributed by atoms with Crippen molar-refractivity contribution in [2.24, 2.45) is 0 Å². The molecule has 0 unspecified atom stereocenters. The Kier molecular flexibility index (Phi) is 6.15. The van der Waals surface area contributed by atoms with Crippen LogP contribution in [0.2, 0.25) is 0 Å². The largest absolute Gasteiger partial charge is 0.444 e. The third kappa shape index (κ3) is 4.25. The molecule has 0 spiro atoms. The summed E-state index contributed by atoms with van der Waals surface area (Å²) in [5.41, 5.74) is -0.648. The zero-order chi connectivity index (χ0) is 20.1. The molecule has 2 aromatic carbocycles. The molecule has 0 aromatic heterocycles. The minimum atomic E-state index is -1.60. The SMILES string of the molecule is O=C(OCc1ccccc1)N(c1ccc(F)c(F)c1[N+](=O)[O-])C1CCNCC1. The number of carbonyl (C=O) groups is 1. The van der Waals surface area contributed by atoms with Crippen LogP contribution in [0.3, 0.4) is 0 Å². The number of hydrogen-bond acceptors (Lipinski definition) is 5. The minimum absolute atomic E-state index is 0.0430. The van der Waals surface area contributed by atoms with Crippen molar-refractivity contribution in [1.82, 2.24) is 5.32 Å². The van der Waals surface area contributed by atoms with Crippen molar-refractivity contribution in [2.75, 3.05) is 18.0 Å². The number of halogens is 2. The minimum Gasteiger partial charge on any atom is -0.444 e. The molecule has 1 aliphatic heterocycles. The lowest BCUT2D eigenvalue weighted by Crippen LogP contribution is -2.47. The second-order valence-electron chi connectivity index (χ2n) is 6.38. The van der Waals surface area contributed by atoms with Crippen LogP contribution in [-0.2, 0) is 11.3 Å². The van der Waals surface area contributed by atoms with Gasteiger partial charge in [0.2, 0.25) is 5.82 Å². The quantitative estimate of drug-likeness (QED) is 0.620. The maximum atomic E-state index is 14.1. The van der Waals surface area contributed by atoms with Crippen molar-refractivity contribution in [2.45, 2.75) is 25.5 Å². The van der Waals surface area contributed by atoms with Gasteiger partial charge in [0, 0.05) is 6.04 Å². The fraction of sp³-hybridized carbons (Fsp3) is 0.316. The summed E-state index contributed by atoms with van der Waals surface area (Å²) in [5, 5.41) is 14.5. The molecule has 0 aliphatic carbocycles. The first-order valence-electron chi connectivity index (χ1n) is 8.82. The number of rotatable bonds is 5. The van der Waals surface area contributed by atoms with E-state index in [0.717, 1.165) is 22.6 Å². The average Bonchev–Trinajstić information content (AvgIpc) is 2.70. The molecule has 3 rings (SSSR count). The molecule has 1 saturated heterocycles. The van der Waals surface area contributed by atoms with Crippen molar-refractivity contribution < 1.29 is 23.2 Å². The van der Waals surface area contributed by atoms with Gasteiger partial charge in [0.1, 0.15) is 12.3 Å². The second-order valence-corrected chi connectivity index (χ2v) is 6.38. The molecule has 1 fully saturated rings. The zero-order valence-electron chi connectivity index (χ0n) is 14.9. The van der Waals surface area contributed by atoms with Crippen LogP contribution in [0.25, 0.3) is 0 Å². The third-order valence-corrected chi connectivity index (χ3v) is 4.57. The topological polar surface area (TPSA) is 84.7 Å². The van der Waals surface area contributed by atoms with E-state index in [9.17, 15) is 23.7 Å². The Morgan fingerprint density at radius 1 is 1.18 bits per heavy atom. The van der Waals surface area contributed by atoms with Gasteiger partial charge in [-0.1, -0.05) is 30.3 Å². The molecule has 148 valence electrons. The molecule has 7 nitrogen and oxygen atoms in total. The maximum absolute atomic E-state index is 14.1. The first kappa shape index (κ1) is 19.7. The second kappa shape index (κ2) is 8.75. The summed E-state index contributed by atoms with van der Waals surface area (Å²) < 4.78 is 33.0. The van der Waals surface area contributed by atoms with Crippen LogP contribution in [0, 0.1) is 21.7 Å². The summed E-state index contributed by atoms with van der Waals surface area (Å²) in [6.07, 6.45) is 0.151. The number of piperidine rings is 1. The van der Waals surface area contributed by atoms with E-state index in [-0.39, 0.29) is 12.3 Å². The van der Waals surface area contributed by atoms with E-state index < -0.39 is 34.4 Å². The number of carbonyl (C=O) groups excluding carboxylic acids is 1. The molecule has 2 aromatic rings. The van der Waals surface area contributed by atoms with Crippen LogP contribution >= 0.6 is 0 Å². The van der Waals surface area contributed by atoms with E-state index in [0.29, 0.717) is 25.9 Å². The summed E-state index contributed by atoms with van der Waals surface area (Å²) in [6.45, 7) is 1.13. The van der Waals surface area contributed by atoms with Gasteiger partial charge in [-0.25, -0.2) is 9.18 Å². The number of anilines is 1. The number of nitro groups is 1. The van der Waals surface area contributed by atoms with E-state index in [1.165, 1.54) is 0 Å². The Labute approximate surface area is 160 Å². The lowest BCUT2D eigenvalue weighted by Gasteiger charge is -2.33. The van der Waals surface area contributed by atoms with Crippen LogP contribution < -0.4 is 10.2 Å². The van der Waals surface area contributed by atoms with Crippen molar-refractivity contribution >= 4 is 17.5 Å². The highest BCUT2D eigenvalue weighted by Crippen LogP contribution is 2.35. The van der Waals surface area contributed by atoms with Crippen molar-refractivity contribution in [1.29, 1.82) is 0 Å². The van der Waals surface area contributed by atoms with Gasteiger partial charge in [0.15, 0.2) is 5.82 Å². The number of benzene rings is 2. The molecule has 0 radical (unpaired) electrons. The standard InChI is InChI=1S/C19H19F2N3O4/c20-15-6-7-16(18(17(15)21)24(26)27)23(14-8-10-22-11-9-14)19(25)28-12-13-4-2-1-3-5-13/h1-7,14,22H,8-12H2. The van der Waals surface area contributed by atoms with Crippen LogP contribution in [0.1, 0.15) is 18.4 Å². The van der Waals surface area contributed by atoms with E-state index >= 15 is 0 Å². The summed E-state index contributed by atoms with van der Waals surface area (Å²) >= 11 is 0.